The van der Waals surface area contributed by atoms with E-state index in [-0.39, 0.29) is 11.1 Å². The molecular weight excluding hydrogens is 426 g/mol. The van der Waals surface area contributed by atoms with Gasteiger partial charge < -0.3 is 10.2 Å². The summed E-state index contributed by atoms with van der Waals surface area (Å²) in [5, 5.41) is 20.2. The number of halogens is 2. The minimum absolute atomic E-state index is 0.194. The van der Waals surface area contributed by atoms with Crippen molar-refractivity contribution in [2.45, 2.75) is 129 Å². The first-order valence-corrected chi connectivity index (χ1v) is 13.1. The van der Waals surface area contributed by atoms with Crippen LogP contribution in [-0.2, 0) is 17.8 Å². The average molecular weight is 471 g/mol. The Bertz CT molecular complexity index is 691. The fourth-order valence-electron chi connectivity index (χ4n) is 4.46. The lowest BCUT2D eigenvalue weighted by atomic mass is 9.90. The fourth-order valence-corrected chi connectivity index (χ4v) is 4.46. The first-order chi connectivity index (χ1) is 16.0. The maximum Gasteiger partial charge on any atom is 0.383 e. The van der Waals surface area contributed by atoms with Gasteiger partial charge in [0.15, 0.2) is 17.3 Å². The molecular formula is C27H44F2O4. The molecule has 0 bridgehead atoms. The molecule has 0 radical (unpaired) electrons. The van der Waals surface area contributed by atoms with Crippen LogP contribution in [0, 0.1) is 5.82 Å². The van der Waals surface area contributed by atoms with Crippen molar-refractivity contribution in [2.24, 2.45) is 0 Å². The van der Waals surface area contributed by atoms with Crippen molar-refractivity contribution < 1.29 is 28.9 Å². The lowest BCUT2D eigenvalue weighted by molar-refractivity contribution is -0.0791. The van der Waals surface area contributed by atoms with Gasteiger partial charge in [-0.1, -0.05) is 104 Å². The van der Waals surface area contributed by atoms with Gasteiger partial charge in [-0.2, -0.15) is 0 Å². The summed E-state index contributed by atoms with van der Waals surface area (Å²) in [5.41, 5.74) is 0.00733. The van der Waals surface area contributed by atoms with Crippen LogP contribution in [0.1, 0.15) is 138 Å². The van der Waals surface area contributed by atoms with E-state index in [1.807, 2.05) is 0 Å². The van der Waals surface area contributed by atoms with Gasteiger partial charge in [0.1, 0.15) is 5.56 Å². The first kappa shape index (κ1) is 29.2. The zero-order valence-corrected chi connectivity index (χ0v) is 20.7. The van der Waals surface area contributed by atoms with Crippen LogP contribution in [0.2, 0.25) is 0 Å². The SMILES string of the molecule is CCCCCCCCCCc1c(F)c(O)c(O)c(C(=O)OF)c1CCCCCCCCCC. The number of carbonyl (C=O) groups excluding carboxylic acids is 1. The third-order valence-electron chi connectivity index (χ3n) is 6.43. The van der Waals surface area contributed by atoms with E-state index >= 15 is 0 Å². The topological polar surface area (TPSA) is 66.8 Å². The van der Waals surface area contributed by atoms with Crippen molar-refractivity contribution in [1.29, 1.82) is 0 Å². The molecule has 1 aromatic rings. The molecule has 190 valence electrons. The molecule has 1 rings (SSSR count). The largest absolute Gasteiger partial charge is 0.504 e. The van der Waals surface area contributed by atoms with Gasteiger partial charge in [0.25, 0.3) is 0 Å². The maximum absolute atomic E-state index is 14.9. The monoisotopic (exact) mass is 470 g/mol. The Morgan fingerprint density at radius 1 is 0.667 bits per heavy atom. The Morgan fingerprint density at radius 2 is 1.06 bits per heavy atom. The summed E-state index contributed by atoms with van der Waals surface area (Å²) in [6, 6.07) is 0. The highest BCUT2D eigenvalue weighted by Crippen LogP contribution is 2.39. The van der Waals surface area contributed by atoms with Gasteiger partial charge in [0, 0.05) is 4.53 Å². The Hall–Kier alpha value is -1.85. The van der Waals surface area contributed by atoms with Crippen molar-refractivity contribution >= 4 is 5.97 Å². The number of benzene rings is 1. The molecule has 0 aliphatic rings. The summed E-state index contributed by atoms with van der Waals surface area (Å²) in [5.74, 6) is -4.26. The molecule has 0 aromatic heterocycles. The highest BCUT2D eigenvalue weighted by atomic mass is 19.3. The molecule has 2 N–H and O–H groups in total. The van der Waals surface area contributed by atoms with Gasteiger partial charge >= 0.3 is 5.97 Å². The van der Waals surface area contributed by atoms with Crippen LogP contribution in [0.3, 0.4) is 0 Å². The Morgan fingerprint density at radius 3 is 1.48 bits per heavy atom. The zero-order valence-electron chi connectivity index (χ0n) is 20.7. The lowest BCUT2D eigenvalue weighted by Gasteiger charge is -2.17. The Labute approximate surface area is 198 Å². The number of phenolic OH excluding ortho intramolecular Hbond substituents is 2. The summed E-state index contributed by atoms with van der Waals surface area (Å²) in [6.07, 6.45) is 17.9. The van der Waals surface area contributed by atoms with Crippen LogP contribution in [0.4, 0.5) is 8.92 Å². The number of phenols is 2. The third kappa shape index (κ3) is 10.3. The summed E-state index contributed by atoms with van der Waals surface area (Å²) in [6.45, 7) is 4.36. The molecule has 0 amide bonds. The van der Waals surface area contributed by atoms with Crippen molar-refractivity contribution in [3.8, 4) is 11.5 Å². The van der Waals surface area contributed by atoms with E-state index in [9.17, 15) is 23.9 Å². The Kier molecular flexibility index (Phi) is 15.6. The Balaban J connectivity index is 2.79. The summed E-state index contributed by atoms with van der Waals surface area (Å²) >= 11 is 0. The van der Waals surface area contributed by atoms with Gasteiger partial charge in [-0.15, -0.1) is 0 Å². The normalized spacial score (nSPS) is 11.2. The van der Waals surface area contributed by atoms with Crippen molar-refractivity contribution in [3.05, 3.63) is 22.5 Å². The van der Waals surface area contributed by atoms with Crippen molar-refractivity contribution in [1.82, 2.24) is 0 Å². The molecule has 0 fully saturated rings. The first-order valence-electron chi connectivity index (χ1n) is 13.1. The van der Waals surface area contributed by atoms with Crippen LogP contribution < -0.4 is 0 Å². The molecule has 0 aliphatic carbocycles. The fraction of sp³-hybridized carbons (Fsp3) is 0.741. The van der Waals surface area contributed by atoms with E-state index in [1.54, 1.807) is 0 Å². The lowest BCUT2D eigenvalue weighted by Crippen LogP contribution is -2.11. The number of rotatable bonds is 19. The average Bonchev–Trinajstić information content (AvgIpc) is 2.82. The minimum Gasteiger partial charge on any atom is -0.504 e. The van der Waals surface area contributed by atoms with Crippen LogP contribution in [0.25, 0.3) is 0 Å². The zero-order chi connectivity index (χ0) is 24.5. The van der Waals surface area contributed by atoms with Crippen LogP contribution >= 0.6 is 0 Å². The van der Waals surface area contributed by atoms with Crippen LogP contribution in [0.5, 0.6) is 11.5 Å². The molecule has 0 heterocycles. The van der Waals surface area contributed by atoms with Crippen LogP contribution in [-0.4, -0.2) is 16.2 Å². The number of aromatic hydroxyl groups is 2. The van der Waals surface area contributed by atoms with E-state index in [4.69, 9.17) is 0 Å². The molecule has 6 heteroatoms. The molecule has 0 saturated heterocycles. The molecule has 0 saturated carbocycles. The second-order valence-corrected chi connectivity index (χ2v) is 9.16. The molecule has 0 aliphatic heterocycles. The predicted octanol–water partition coefficient (Wildman–Crippen LogP) is 8.64. The van der Waals surface area contributed by atoms with Gasteiger partial charge in [0.2, 0.25) is 0 Å². The second kappa shape index (κ2) is 17.6. The summed E-state index contributed by atoms with van der Waals surface area (Å²) in [4.78, 5) is 15.4. The van der Waals surface area contributed by atoms with Gasteiger partial charge in [-0.25, -0.2) is 14.1 Å². The highest BCUT2D eigenvalue weighted by molar-refractivity contribution is 5.95. The van der Waals surface area contributed by atoms with Gasteiger partial charge in [-0.3, -0.25) is 0 Å². The van der Waals surface area contributed by atoms with E-state index < -0.39 is 28.8 Å². The second-order valence-electron chi connectivity index (χ2n) is 9.16. The van der Waals surface area contributed by atoms with Crippen LogP contribution in [0.15, 0.2) is 0 Å². The molecule has 0 spiro atoms. The van der Waals surface area contributed by atoms with E-state index in [2.05, 4.69) is 18.8 Å². The van der Waals surface area contributed by atoms with E-state index in [0.29, 0.717) is 25.7 Å². The highest BCUT2D eigenvalue weighted by Gasteiger charge is 2.28. The minimum atomic E-state index is -1.39. The molecule has 0 unspecified atom stereocenters. The molecule has 33 heavy (non-hydrogen) atoms. The van der Waals surface area contributed by atoms with Gasteiger partial charge in [0.05, 0.1) is 0 Å². The number of carbonyl (C=O) groups is 1. The standard InChI is InChI=1S/C27H44F2O4/c1-3-5-7-9-11-13-15-17-19-21-22(20-18-16-14-12-10-8-6-4-2)24(28)26(31)25(30)23(21)27(32)33-29/h30-31H,3-20H2,1-2H3. The van der Waals surface area contributed by atoms with Crippen molar-refractivity contribution in [3.63, 3.8) is 0 Å². The number of unbranched alkanes of at least 4 members (excludes halogenated alkanes) is 14. The van der Waals surface area contributed by atoms with E-state index in [0.717, 1.165) is 38.5 Å². The summed E-state index contributed by atoms with van der Waals surface area (Å²) < 4.78 is 27.6. The van der Waals surface area contributed by atoms with Gasteiger partial charge in [-0.05, 0) is 36.8 Å². The molecule has 4 nitrogen and oxygen atoms in total. The third-order valence-corrected chi connectivity index (χ3v) is 6.43. The molecule has 1 aromatic carbocycles. The number of hydrogen-bond acceptors (Lipinski definition) is 4. The van der Waals surface area contributed by atoms with Crippen molar-refractivity contribution in [2.75, 3.05) is 0 Å². The summed E-state index contributed by atoms with van der Waals surface area (Å²) in [7, 11) is 0. The number of hydrogen-bond donors (Lipinski definition) is 2. The maximum atomic E-state index is 14.9. The van der Waals surface area contributed by atoms with E-state index in [1.165, 1.54) is 51.4 Å². The predicted molar refractivity (Wildman–Crippen MR) is 129 cm³/mol. The quantitative estimate of drug-likeness (QED) is 0.157. The smallest absolute Gasteiger partial charge is 0.383 e. The molecule has 0 atom stereocenters.